The summed E-state index contributed by atoms with van der Waals surface area (Å²) in [6.45, 7) is 2.13. The molecule has 0 saturated carbocycles. The average Bonchev–Trinajstić information content (AvgIpc) is 3.29. The van der Waals surface area contributed by atoms with E-state index in [1.54, 1.807) is 12.5 Å². The van der Waals surface area contributed by atoms with Crippen molar-refractivity contribution in [3.63, 3.8) is 0 Å². The van der Waals surface area contributed by atoms with Gasteiger partial charge in [-0.2, -0.15) is 11.8 Å². The van der Waals surface area contributed by atoms with Crippen LogP contribution in [0.15, 0.2) is 47.3 Å². The number of thioether (sulfide) groups is 1. The third kappa shape index (κ3) is 5.61. The second kappa shape index (κ2) is 10.1. The van der Waals surface area contributed by atoms with Crippen LogP contribution in [0.2, 0.25) is 0 Å². The Bertz CT molecular complexity index is 832. The number of hydrogen-bond donors (Lipinski definition) is 2. The van der Waals surface area contributed by atoms with Crippen LogP contribution in [-0.4, -0.2) is 60.9 Å². The molecule has 2 N–H and O–H groups in total. The second-order valence-electron chi connectivity index (χ2n) is 6.45. The van der Waals surface area contributed by atoms with E-state index in [9.17, 15) is 14.4 Å². The van der Waals surface area contributed by atoms with Crippen LogP contribution in [0.3, 0.4) is 0 Å². The zero-order chi connectivity index (χ0) is 20.6. The van der Waals surface area contributed by atoms with Crippen LogP contribution < -0.4 is 10.6 Å². The summed E-state index contributed by atoms with van der Waals surface area (Å²) < 4.78 is 9.83. The molecule has 2 amide bonds. The molecule has 0 radical (unpaired) electrons. The van der Waals surface area contributed by atoms with E-state index in [0.29, 0.717) is 17.8 Å². The molecule has 3 rings (SSSR count). The Balaban J connectivity index is 1.56. The Morgan fingerprint density at radius 1 is 1.14 bits per heavy atom. The number of carbonyl (C=O) groups excluding carboxylic acids is 3. The Labute approximate surface area is 173 Å². The number of furan rings is 1. The smallest absolute Gasteiger partial charge is 0.337 e. The molecule has 1 aromatic carbocycles. The maximum absolute atomic E-state index is 12.3. The number of amides is 2. The predicted molar refractivity (Wildman–Crippen MR) is 110 cm³/mol. The van der Waals surface area contributed by atoms with Crippen LogP contribution in [0.5, 0.6) is 0 Å². The lowest BCUT2D eigenvalue weighted by atomic mass is 10.1. The number of nitrogens with one attached hydrogen (secondary N) is 2. The molecule has 2 heterocycles. The van der Waals surface area contributed by atoms with E-state index >= 15 is 0 Å². The first kappa shape index (κ1) is 20.9. The Kier molecular flexibility index (Phi) is 7.31. The number of rotatable bonds is 6. The van der Waals surface area contributed by atoms with Gasteiger partial charge in [0.2, 0.25) is 0 Å². The molecule has 154 valence electrons. The molecule has 1 atom stereocenters. The number of benzene rings is 1. The van der Waals surface area contributed by atoms with E-state index in [1.165, 1.54) is 31.4 Å². The number of nitrogens with zero attached hydrogens (tertiary/aromatic N) is 1. The highest BCUT2D eigenvalue weighted by molar-refractivity contribution is 7.99. The summed E-state index contributed by atoms with van der Waals surface area (Å²) in [5.74, 6) is 0.106. The highest BCUT2D eigenvalue weighted by atomic mass is 32.2. The van der Waals surface area contributed by atoms with Crippen molar-refractivity contribution < 1.29 is 23.5 Å². The van der Waals surface area contributed by atoms with E-state index in [-0.39, 0.29) is 6.04 Å². The van der Waals surface area contributed by atoms with Gasteiger partial charge in [-0.3, -0.25) is 14.5 Å². The Hall–Kier alpha value is -2.78. The maximum atomic E-state index is 12.3. The SMILES string of the molecule is COC(=O)c1ccc(NC(=O)C(=O)NC[C@H](c2ccoc2)N2CCSCC2)cc1. The van der Waals surface area contributed by atoms with Crippen LogP contribution in [0.4, 0.5) is 5.69 Å². The fourth-order valence-corrected chi connectivity index (χ4v) is 4.01. The first-order valence-corrected chi connectivity index (χ1v) is 10.4. The monoisotopic (exact) mass is 417 g/mol. The van der Waals surface area contributed by atoms with Crippen molar-refractivity contribution in [3.8, 4) is 0 Å². The van der Waals surface area contributed by atoms with E-state index in [4.69, 9.17) is 4.42 Å². The average molecular weight is 417 g/mol. The summed E-state index contributed by atoms with van der Waals surface area (Å²) >= 11 is 1.90. The molecule has 1 aliphatic rings. The van der Waals surface area contributed by atoms with Crippen LogP contribution >= 0.6 is 11.8 Å². The zero-order valence-corrected chi connectivity index (χ0v) is 16.9. The predicted octanol–water partition coefficient (Wildman–Crippen LogP) is 1.91. The molecular formula is C20H23N3O5S. The zero-order valence-electron chi connectivity index (χ0n) is 16.1. The first-order valence-electron chi connectivity index (χ1n) is 9.20. The summed E-state index contributed by atoms with van der Waals surface area (Å²) in [6, 6.07) is 7.94. The molecule has 2 aromatic rings. The van der Waals surface area contributed by atoms with Crippen molar-refractivity contribution in [1.29, 1.82) is 0 Å². The first-order chi connectivity index (χ1) is 14.1. The maximum Gasteiger partial charge on any atom is 0.337 e. The quantitative estimate of drug-likeness (QED) is 0.547. The van der Waals surface area contributed by atoms with Gasteiger partial charge in [0, 0.05) is 42.4 Å². The topological polar surface area (TPSA) is 101 Å². The van der Waals surface area contributed by atoms with Crippen molar-refractivity contribution >= 4 is 35.2 Å². The third-order valence-electron chi connectivity index (χ3n) is 4.64. The van der Waals surface area contributed by atoms with Gasteiger partial charge in [-0.25, -0.2) is 4.79 Å². The van der Waals surface area contributed by atoms with Crippen molar-refractivity contribution in [3.05, 3.63) is 54.0 Å². The van der Waals surface area contributed by atoms with Gasteiger partial charge in [0.1, 0.15) is 0 Å². The van der Waals surface area contributed by atoms with Crippen LogP contribution in [-0.2, 0) is 14.3 Å². The molecular weight excluding hydrogens is 394 g/mol. The lowest BCUT2D eigenvalue weighted by molar-refractivity contribution is -0.136. The van der Waals surface area contributed by atoms with Gasteiger partial charge >= 0.3 is 17.8 Å². The van der Waals surface area contributed by atoms with E-state index in [1.807, 2.05) is 17.8 Å². The van der Waals surface area contributed by atoms with Crippen LogP contribution in [0.1, 0.15) is 22.0 Å². The van der Waals surface area contributed by atoms with Crippen molar-refractivity contribution in [2.24, 2.45) is 0 Å². The highest BCUT2D eigenvalue weighted by Crippen LogP contribution is 2.24. The molecule has 0 aliphatic carbocycles. The number of hydrogen-bond acceptors (Lipinski definition) is 7. The fourth-order valence-electron chi connectivity index (χ4n) is 3.08. The molecule has 0 spiro atoms. The van der Waals surface area contributed by atoms with Gasteiger partial charge in [-0.1, -0.05) is 0 Å². The molecule has 29 heavy (non-hydrogen) atoms. The van der Waals surface area contributed by atoms with Gasteiger partial charge < -0.3 is 19.8 Å². The lowest BCUT2D eigenvalue weighted by Gasteiger charge is -2.33. The molecule has 0 unspecified atom stereocenters. The summed E-state index contributed by atoms with van der Waals surface area (Å²) in [6.07, 6.45) is 3.27. The van der Waals surface area contributed by atoms with Crippen LogP contribution in [0, 0.1) is 0 Å². The summed E-state index contributed by atoms with van der Waals surface area (Å²) in [5, 5.41) is 5.24. The molecule has 9 heteroatoms. The minimum atomic E-state index is -0.768. The Morgan fingerprint density at radius 3 is 2.48 bits per heavy atom. The van der Waals surface area contributed by atoms with Gasteiger partial charge in [0.15, 0.2) is 0 Å². The summed E-state index contributed by atoms with van der Waals surface area (Å²) in [5.41, 5.74) is 1.74. The normalized spacial score (nSPS) is 15.3. The molecule has 8 nitrogen and oxygen atoms in total. The van der Waals surface area contributed by atoms with Crippen molar-refractivity contribution in [1.82, 2.24) is 10.2 Å². The van der Waals surface area contributed by atoms with Crippen LogP contribution in [0.25, 0.3) is 0 Å². The highest BCUT2D eigenvalue weighted by Gasteiger charge is 2.25. The van der Waals surface area contributed by atoms with Crippen molar-refractivity contribution in [2.45, 2.75) is 6.04 Å². The number of methoxy groups -OCH3 is 1. The largest absolute Gasteiger partial charge is 0.472 e. The van der Waals surface area contributed by atoms with E-state index < -0.39 is 17.8 Å². The van der Waals surface area contributed by atoms with Gasteiger partial charge in [-0.15, -0.1) is 0 Å². The van der Waals surface area contributed by atoms with E-state index in [0.717, 1.165) is 30.2 Å². The number of esters is 1. The number of anilines is 1. The van der Waals surface area contributed by atoms with Gasteiger partial charge in [-0.05, 0) is 30.3 Å². The molecule has 1 aromatic heterocycles. The molecule has 0 bridgehead atoms. The summed E-state index contributed by atoms with van der Waals surface area (Å²) in [4.78, 5) is 38.2. The third-order valence-corrected chi connectivity index (χ3v) is 5.58. The number of ether oxygens (including phenoxy) is 1. The molecule has 1 aliphatic heterocycles. The number of carbonyl (C=O) groups is 3. The molecule has 1 saturated heterocycles. The minimum Gasteiger partial charge on any atom is -0.472 e. The fraction of sp³-hybridized carbons (Fsp3) is 0.350. The lowest BCUT2D eigenvalue weighted by Crippen LogP contribution is -2.44. The van der Waals surface area contributed by atoms with Crippen molar-refractivity contribution in [2.75, 3.05) is 43.6 Å². The van der Waals surface area contributed by atoms with Gasteiger partial charge in [0.05, 0.1) is 31.2 Å². The van der Waals surface area contributed by atoms with Gasteiger partial charge in [0.25, 0.3) is 0 Å². The van der Waals surface area contributed by atoms with E-state index in [2.05, 4.69) is 20.3 Å². The minimum absolute atomic E-state index is 0.0502. The standard InChI is InChI=1S/C20H23N3O5S/c1-27-20(26)14-2-4-16(5-3-14)22-19(25)18(24)21-12-17(15-6-9-28-13-15)23-7-10-29-11-8-23/h2-6,9,13,17H,7-8,10-12H2,1H3,(H,21,24)(H,22,25)/t17-/m1/s1. The second-order valence-corrected chi connectivity index (χ2v) is 7.68. The Morgan fingerprint density at radius 2 is 1.86 bits per heavy atom. The molecule has 1 fully saturated rings. The summed E-state index contributed by atoms with van der Waals surface area (Å²) in [7, 11) is 1.29.